The smallest absolute Gasteiger partial charge is 0.182 e. The van der Waals surface area contributed by atoms with Crippen LogP contribution in [0.15, 0.2) is 22.7 Å². The highest BCUT2D eigenvalue weighted by atomic mass is 79.9. The molecular weight excluding hydrogens is 265 g/mol. The Hall–Kier alpha value is -0.850. The fourth-order valence-corrected chi connectivity index (χ4v) is 1.74. The van der Waals surface area contributed by atoms with E-state index in [2.05, 4.69) is 15.9 Å². The summed E-state index contributed by atoms with van der Waals surface area (Å²) in [4.78, 5) is 11.6. The number of carbonyl (C=O) groups is 1. The Kier molecular flexibility index (Phi) is 3.68. The van der Waals surface area contributed by atoms with Gasteiger partial charge in [0.1, 0.15) is 0 Å². The normalized spacial score (nSPS) is 11.9. The zero-order valence-electron chi connectivity index (χ0n) is 7.42. The van der Waals surface area contributed by atoms with Crippen molar-refractivity contribution in [3.8, 4) is 6.07 Å². The summed E-state index contributed by atoms with van der Waals surface area (Å²) in [7, 11) is 0. The van der Waals surface area contributed by atoms with Crippen molar-refractivity contribution in [3.63, 3.8) is 0 Å². The molecule has 72 valence electrons. The van der Waals surface area contributed by atoms with Gasteiger partial charge in [-0.1, -0.05) is 6.07 Å². The van der Waals surface area contributed by atoms with Crippen LogP contribution in [0.2, 0.25) is 0 Å². The number of nitrogens with zero attached hydrogens (tertiary/aromatic N) is 1. The summed E-state index contributed by atoms with van der Waals surface area (Å²) in [5, 5.41) is 8.18. The maximum atomic E-state index is 11.6. The summed E-state index contributed by atoms with van der Waals surface area (Å²) < 4.78 is 0.606. The number of carbonyl (C=O) groups excluding carboxylic acids is 1. The van der Waals surface area contributed by atoms with Crippen LogP contribution in [-0.4, -0.2) is 11.2 Å². The van der Waals surface area contributed by atoms with Crippen LogP contribution in [0.1, 0.15) is 22.8 Å². The minimum atomic E-state index is -0.624. The molecule has 0 N–H and O–H groups in total. The number of hydrogen-bond donors (Lipinski definition) is 0. The highest BCUT2D eigenvalue weighted by molar-refractivity contribution is 9.10. The van der Waals surface area contributed by atoms with Gasteiger partial charge in [-0.15, -0.1) is 11.6 Å². The second-order valence-electron chi connectivity index (χ2n) is 2.75. The molecule has 0 saturated carbocycles. The van der Waals surface area contributed by atoms with E-state index >= 15 is 0 Å². The van der Waals surface area contributed by atoms with E-state index in [1.165, 1.54) is 0 Å². The summed E-state index contributed by atoms with van der Waals surface area (Å²) in [5.74, 6) is -0.240. The van der Waals surface area contributed by atoms with E-state index in [1.807, 2.05) is 6.07 Å². The maximum absolute atomic E-state index is 11.6. The fourth-order valence-electron chi connectivity index (χ4n) is 1.07. The minimum absolute atomic E-state index is 0.240. The summed E-state index contributed by atoms with van der Waals surface area (Å²) >= 11 is 8.91. The topological polar surface area (TPSA) is 40.9 Å². The number of halogens is 2. The van der Waals surface area contributed by atoms with Crippen molar-refractivity contribution in [2.75, 3.05) is 0 Å². The molecule has 0 aliphatic rings. The molecule has 0 amide bonds. The predicted molar refractivity (Wildman–Crippen MR) is 58.5 cm³/mol. The fraction of sp³-hybridized carbons (Fsp3) is 0.200. The van der Waals surface area contributed by atoms with Gasteiger partial charge in [-0.3, -0.25) is 4.79 Å². The molecule has 0 fully saturated rings. The number of hydrogen-bond acceptors (Lipinski definition) is 2. The molecule has 1 unspecified atom stereocenters. The van der Waals surface area contributed by atoms with E-state index in [9.17, 15) is 4.79 Å². The molecule has 0 spiro atoms. The highest BCUT2D eigenvalue weighted by Gasteiger charge is 2.18. The molecule has 0 heterocycles. The molecule has 1 rings (SSSR count). The first-order valence-electron chi connectivity index (χ1n) is 3.94. The molecule has 2 nitrogen and oxygen atoms in total. The van der Waals surface area contributed by atoms with Crippen LogP contribution >= 0.6 is 27.5 Å². The average Bonchev–Trinajstić information content (AvgIpc) is 2.16. The van der Waals surface area contributed by atoms with Crippen LogP contribution in [-0.2, 0) is 0 Å². The van der Waals surface area contributed by atoms with Gasteiger partial charge in [0, 0.05) is 4.47 Å². The molecule has 4 heteroatoms. The van der Waals surface area contributed by atoms with Crippen molar-refractivity contribution in [1.82, 2.24) is 0 Å². The number of Topliss-reactive ketones (excluding diaryl/α,β-unsaturated/α-hetero) is 1. The monoisotopic (exact) mass is 271 g/mol. The quantitative estimate of drug-likeness (QED) is 0.613. The zero-order chi connectivity index (χ0) is 10.7. The molecule has 0 aliphatic carbocycles. The number of benzene rings is 1. The van der Waals surface area contributed by atoms with E-state index in [4.69, 9.17) is 16.9 Å². The standard InChI is InChI=1S/C10H7BrClNO/c1-6(12)10(14)9-7(5-13)3-2-4-8(9)11/h2-4,6H,1H3. The number of nitriles is 1. The highest BCUT2D eigenvalue weighted by Crippen LogP contribution is 2.22. The third-order valence-electron chi connectivity index (χ3n) is 1.74. The molecule has 0 aromatic heterocycles. The molecule has 0 bridgehead atoms. The summed E-state index contributed by atoms with van der Waals surface area (Å²) in [6.45, 7) is 1.59. The van der Waals surface area contributed by atoms with E-state index in [0.29, 0.717) is 15.6 Å². The van der Waals surface area contributed by atoms with Crippen LogP contribution in [0.25, 0.3) is 0 Å². The van der Waals surface area contributed by atoms with Crippen molar-refractivity contribution in [3.05, 3.63) is 33.8 Å². The Morgan fingerprint density at radius 1 is 1.64 bits per heavy atom. The Bertz CT molecular complexity index is 409. The van der Waals surface area contributed by atoms with Crippen molar-refractivity contribution in [2.45, 2.75) is 12.3 Å². The largest absolute Gasteiger partial charge is 0.292 e. The van der Waals surface area contributed by atoms with Gasteiger partial charge in [-0.05, 0) is 35.0 Å². The molecule has 1 aromatic rings. The van der Waals surface area contributed by atoms with Gasteiger partial charge in [0.25, 0.3) is 0 Å². The van der Waals surface area contributed by atoms with E-state index < -0.39 is 5.38 Å². The zero-order valence-corrected chi connectivity index (χ0v) is 9.76. The SMILES string of the molecule is CC(Cl)C(=O)c1c(Br)cccc1C#N. The van der Waals surface area contributed by atoms with E-state index in [-0.39, 0.29) is 5.78 Å². The number of alkyl halides is 1. The lowest BCUT2D eigenvalue weighted by Crippen LogP contribution is -2.13. The van der Waals surface area contributed by atoms with E-state index in [0.717, 1.165) is 0 Å². The van der Waals surface area contributed by atoms with E-state index in [1.54, 1.807) is 25.1 Å². The Morgan fingerprint density at radius 2 is 2.29 bits per heavy atom. The molecule has 0 aliphatic heterocycles. The first-order chi connectivity index (χ1) is 6.57. The molecule has 1 atom stereocenters. The van der Waals surface area contributed by atoms with Crippen LogP contribution in [0.5, 0.6) is 0 Å². The third kappa shape index (κ3) is 2.14. The molecule has 14 heavy (non-hydrogen) atoms. The number of rotatable bonds is 2. The van der Waals surface area contributed by atoms with Gasteiger partial charge >= 0.3 is 0 Å². The summed E-state index contributed by atoms with van der Waals surface area (Å²) in [6.07, 6.45) is 0. The van der Waals surface area contributed by atoms with Crippen molar-refractivity contribution in [1.29, 1.82) is 5.26 Å². The number of ketones is 1. The molecule has 0 radical (unpaired) electrons. The third-order valence-corrected chi connectivity index (χ3v) is 2.60. The maximum Gasteiger partial charge on any atom is 0.182 e. The average molecular weight is 273 g/mol. The lowest BCUT2D eigenvalue weighted by Gasteiger charge is -2.06. The van der Waals surface area contributed by atoms with Gasteiger partial charge < -0.3 is 0 Å². The summed E-state index contributed by atoms with van der Waals surface area (Å²) in [6, 6.07) is 6.98. The van der Waals surface area contributed by atoms with Gasteiger partial charge in [0.05, 0.1) is 22.6 Å². The van der Waals surface area contributed by atoms with Crippen molar-refractivity contribution in [2.24, 2.45) is 0 Å². The molecule has 0 saturated heterocycles. The Morgan fingerprint density at radius 3 is 2.79 bits per heavy atom. The Balaban J connectivity index is 3.33. The first-order valence-corrected chi connectivity index (χ1v) is 5.17. The Labute approximate surface area is 95.6 Å². The van der Waals surface area contributed by atoms with Gasteiger partial charge in [0.15, 0.2) is 5.78 Å². The molecular formula is C10H7BrClNO. The lowest BCUT2D eigenvalue weighted by atomic mass is 10.0. The molecule has 1 aromatic carbocycles. The second kappa shape index (κ2) is 4.59. The summed E-state index contributed by atoms with van der Waals surface area (Å²) in [5.41, 5.74) is 0.703. The van der Waals surface area contributed by atoms with Crippen molar-refractivity contribution >= 4 is 33.3 Å². The van der Waals surface area contributed by atoms with Crippen LogP contribution < -0.4 is 0 Å². The van der Waals surface area contributed by atoms with Crippen LogP contribution in [0, 0.1) is 11.3 Å². The lowest BCUT2D eigenvalue weighted by molar-refractivity contribution is 0.0991. The van der Waals surface area contributed by atoms with Crippen LogP contribution in [0.3, 0.4) is 0 Å². The van der Waals surface area contributed by atoms with Crippen molar-refractivity contribution < 1.29 is 4.79 Å². The van der Waals surface area contributed by atoms with Gasteiger partial charge in [-0.2, -0.15) is 5.26 Å². The van der Waals surface area contributed by atoms with Crippen LogP contribution in [0.4, 0.5) is 0 Å². The second-order valence-corrected chi connectivity index (χ2v) is 4.26. The predicted octanol–water partition coefficient (Wildman–Crippen LogP) is 3.13. The van der Waals surface area contributed by atoms with Gasteiger partial charge in [0.2, 0.25) is 0 Å². The first kappa shape index (κ1) is 11.2. The van der Waals surface area contributed by atoms with Gasteiger partial charge in [-0.25, -0.2) is 0 Å². The minimum Gasteiger partial charge on any atom is -0.292 e.